The van der Waals surface area contributed by atoms with Gasteiger partial charge in [0.1, 0.15) is 5.54 Å². The predicted octanol–water partition coefficient (Wildman–Crippen LogP) is 4.24. The number of alkyl halides is 2. The van der Waals surface area contributed by atoms with E-state index in [0.29, 0.717) is 11.1 Å². The Kier molecular flexibility index (Phi) is 5.40. The van der Waals surface area contributed by atoms with Crippen LogP contribution in [-0.4, -0.2) is 46.4 Å². The first-order valence-corrected chi connectivity index (χ1v) is 10.4. The van der Waals surface area contributed by atoms with Crippen LogP contribution in [0.5, 0.6) is 0 Å². The molecule has 6 nitrogen and oxygen atoms in total. The number of halogens is 2. The maximum absolute atomic E-state index is 13.5. The van der Waals surface area contributed by atoms with Crippen LogP contribution < -0.4 is 5.32 Å². The van der Waals surface area contributed by atoms with E-state index in [0.717, 1.165) is 16.0 Å². The van der Waals surface area contributed by atoms with Crippen LogP contribution in [0.1, 0.15) is 53.3 Å². The van der Waals surface area contributed by atoms with E-state index < -0.39 is 48.6 Å². The van der Waals surface area contributed by atoms with Crippen molar-refractivity contribution in [2.45, 2.75) is 44.1 Å². The van der Waals surface area contributed by atoms with E-state index in [2.05, 4.69) is 5.32 Å². The van der Waals surface area contributed by atoms with Gasteiger partial charge in [0.15, 0.2) is 11.6 Å². The Morgan fingerprint density at radius 2 is 1.59 bits per heavy atom. The number of nitrogens with one attached hydrogen (secondary N) is 1. The maximum Gasteiger partial charge on any atom is 0.325 e. The summed E-state index contributed by atoms with van der Waals surface area (Å²) in [5.41, 5.74) is 1.18. The fraction of sp³-hybridized carbons (Fsp3) is 0.333. The molecule has 2 aromatic rings. The van der Waals surface area contributed by atoms with Gasteiger partial charge in [-0.2, -0.15) is 0 Å². The molecule has 166 valence electrons. The van der Waals surface area contributed by atoms with E-state index in [-0.39, 0.29) is 18.6 Å². The quantitative estimate of drug-likeness (QED) is 0.557. The molecule has 1 aliphatic carbocycles. The Labute approximate surface area is 183 Å². The molecule has 32 heavy (non-hydrogen) atoms. The van der Waals surface area contributed by atoms with Crippen LogP contribution in [-0.2, 0) is 4.79 Å². The highest BCUT2D eigenvalue weighted by Gasteiger charge is 2.55. The van der Waals surface area contributed by atoms with E-state index in [1.165, 1.54) is 6.92 Å². The zero-order chi connectivity index (χ0) is 23.1. The molecule has 1 heterocycles. The van der Waals surface area contributed by atoms with Gasteiger partial charge in [0.2, 0.25) is 5.92 Å². The van der Waals surface area contributed by atoms with Gasteiger partial charge in [-0.05, 0) is 37.0 Å². The largest absolute Gasteiger partial charge is 0.325 e. The molecule has 0 radical (unpaired) electrons. The second-order valence-electron chi connectivity index (χ2n) is 8.40. The zero-order valence-electron chi connectivity index (χ0n) is 17.5. The van der Waals surface area contributed by atoms with Crippen LogP contribution in [0.4, 0.5) is 13.6 Å². The van der Waals surface area contributed by atoms with Gasteiger partial charge in [0, 0.05) is 24.0 Å². The van der Waals surface area contributed by atoms with Crippen LogP contribution in [0.2, 0.25) is 0 Å². The van der Waals surface area contributed by atoms with Gasteiger partial charge >= 0.3 is 6.03 Å². The smallest absolute Gasteiger partial charge is 0.323 e. The van der Waals surface area contributed by atoms with Crippen LogP contribution in [0, 0.1) is 0 Å². The fourth-order valence-electron chi connectivity index (χ4n) is 4.20. The predicted molar refractivity (Wildman–Crippen MR) is 113 cm³/mol. The van der Waals surface area contributed by atoms with Crippen molar-refractivity contribution in [2.24, 2.45) is 0 Å². The SMILES string of the molecule is CC(=O)c1cccc(-c2ccc(C(=O)CN3C(=O)NC4(CCC(F)(F)CC4)C3=O)cc2)c1. The lowest BCUT2D eigenvalue weighted by molar-refractivity contribution is -0.135. The summed E-state index contributed by atoms with van der Waals surface area (Å²) in [6, 6.07) is 13.0. The van der Waals surface area contributed by atoms with Crippen LogP contribution >= 0.6 is 0 Å². The summed E-state index contributed by atoms with van der Waals surface area (Å²) in [4.78, 5) is 50.3. The van der Waals surface area contributed by atoms with Crippen molar-refractivity contribution in [1.82, 2.24) is 10.2 Å². The molecule has 0 bridgehead atoms. The maximum atomic E-state index is 13.5. The molecule has 0 atom stereocenters. The number of nitrogens with zero attached hydrogens (tertiary/aromatic N) is 1. The van der Waals surface area contributed by atoms with E-state index >= 15 is 0 Å². The van der Waals surface area contributed by atoms with Crippen molar-refractivity contribution >= 4 is 23.5 Å². The summed E-state index contributed by atoms with van der Waals surface area (Å²) in [7, 11) is 0. The number of hydrogen-bond acceptors (Lipinski definition) is 4. The van der Waals surface area contributed by atoms with Crippen LogP contribution in [0.3, 0.4) is 0 Å². The minimum absolute atomic E-state index is 0.0494. The first-order valence-electron chi connectivity index (χ1n) is 10.4. The summed E-state index contributed by atoms with van der Waals surface area (Å²) in [6.07, 6.45) is -1.26. The molecule has 2 aromatic carbocycles. The molecule has 1 saturated carbocycles. The van der Waals surface area contributed by atoms with Gasteiger partial charge in [0.25, 0.3) is 5.91 Å². The molecule has 1 spiro atoms. The average Bonchev–Trinajstić information content (AvgIpc) is 3.00. The first-order chi connectivity index (χ1) is 15.1. The monoisotopic (exact) mass is 440 g/mol. The summed E-state index contributed by atoms with van der Waals surface area (Å²) in [6.45, 7) is 1.03. The summed E-state index contributed by atoms with van der Waals surface area (Å²) in [5.74, 6) is -3.95. The Hall–Kier alpha value is -3.42. The van der Waals surface area contributed by atoms with Gasteiger partial charge in [-0.3, -0.25) is 19.3 Å². The first kappa shape index (κ1) is 21.8. The normalized spacial score (nSPS) is 19.2. The molecule has 3 amide bonds. The molecule has 0 unspecified atom stereocenters. The molecule has 0 aromatic heterocycles. The molecular weight excluding hydrogens is 418 g/mol. The van der Waals surface area contributed by atoms with E-state index in [1.54, 1.807) is 42.5 Å². The van der Waals surface area contributed by atoms with Crippen molar-refractivity contribution in [2.75, 3.05) is 6.54 Å². The van der Waals surface area contributed by atoms with Crippen molar-refractivity contribution in [3.8, 4) is 11.1 Å². The highest BCUT2D eigenvalue weighted by molar-refractivity contribution is 6.11. The van der Waals surface area contributed by atoms with Crippen molar-refractivity contribution in [3.63, 3.8) is 0 Å². The standard InChI is InChI=1S/C24H22F2N2O4/c1-15(29)18-3-2-4-19(13-18)16-5-7-17(8-6-16)20(30)14-28-21(31)23(27-22(28)32)9-11-24(25,26)12-10-23/h2-8,13H,9-12,14H2,1H3,(H,27,32). The Morgan fingerprint density at radius 1 is 0.938 bits per heavy atom. The Morgan fingerprint density at radius 3 is 2.22 bits per heavy atom. The second-order valence-corrected chi connectivity index (χ2v) is 8.40. The highest BCUT2D eigenvalue weighted by Crippen LogP contribution is 2.41. The van der Waals surface area contributed by atoms with Crippen molar-refractivity contribution < 1.29 is 28.0 Å². The van der Waals surface area contributed by atoms with E-state index in [9.17, 15) is 28.0 Å². The van der Waals surface area contributed by atoms with Crippen molar-refractivity contribution in [3.05, 3.63) is 59.7 Å². The minimum atomic E-state index is -2.84. The molecule has 1 aliphatic heterocycles. The van der Waals surface area contributed by atoms with Gasteiger partial charge in [-0.25, -0.2) is 13.6 Å². The number of carbonyl (C=O) groups is 4. The Bertz CT molecular complexity index is 1100. The number of imide groups is 1. The van der Waals surface area contributed by atoms with E-state index in [4.69, 9.17) is 0 Å². The molecule has 2 aliphatic rings. The van der Waals surface area contributed by atoms with Crippen molar-refractivity contribution in [1.29, 1.82) is 0 Å². The lowest BCUT2D eigenvalue weighted by Crippen LogP contribution is -2.51. The molecule has 4 rings (SSSR count). The number of benzene rings is 2. The number of amides is 3. The van der Waals surface area contributed by atoms with Gasteiger partial charge in [0.05, 0.1) is 6.54 Å². The third kappa shape index (κ3) is 4.04. The van der Waals surface area contributed by atoms with E-state index in [1.807, 2.05) is 6.07 Å². The lowest BCUT2D eigenvalue weighted by Gasteiger charge is -2.34. The molecule has 8 heteroatoms. The number of urea groups is 1. The molecule has 1 N–H and O–H groups in total. The molecular formula is C24H22F2N2O4. The lowest BCUT2D eigenvalue weighted by atomic mass is 9.80. The average molecular weight is 440 g/mol. The zero-order valence-corrected chi connectivity index (χ0v) is 17.5. The minimum Gasteiger partial charge on any atom is -0.323 e. The summed E-state index contributed by atoms with van der Waals surface area (Å²) < 4.78 is 27.0. The third-order valence-corrected chi connectivity index (χ3v) is 6.19. The second kappa shape index (κ2) is 7.93. The highest BCUT2D eigenvalue weighted by atomic mass is 19.3. The fourth-order valence-corrected chi connectivity index (χ4v) is 4.20. The van der Waals surface area contributed by atoms with Crippen LogP contribution in [0.25, 0.3) is 11.1 Å². The topological polar surface area (TPSA) is 83.6 Å². The number of hydrogen-bond donors (Lipinski definition) is 1. The van der Waals surface area contributed by atoms with Gasteiger partial charge in [-0.15, -0.1) is 0 Å². The summed E-state index contributed by atoms with van der Waals surface area (Å²) in [5, 5.41) is 2.53. The molecule has 2 fully saturated rings. The third-order valence-electron chi connectivity index (χ3n) is 6.19. The summed E-state index contributed by atoms with van der Waals surface area (Å²) >= 11 is 0. The van der Waals surface area contributed by atoms with Gasteiger partial charge < -0.3 is 5.32 Å². The number of ketones is 2. The number of rotatable bonds is 5. The number of carbonyl (C=O) groups excluding carboxylic acids is 4. The molecule has 1 saturated heterocycles. The Balaban J connectivity index is 1.46. The van der Waals surface area contributed by atoms with Crippen LogP contribution in [0.15, 0.2) is 48.5 Å². The number of Topliss-reactive ketones (excluding diaryl/α,β-unsaturated/α-hetero) is 2. The van der Waals surface area contributed by atoms with Gasteiger partial charge in [-0.1, -0.05) is 42.5 Å².